The van der Waals surface area contributed by atoms with Gasteiger partial charge in [0.1, 0.15) is 11.4 Å². The molecule has 1 aromatic heterocycles. The zero-order valence-electron chi connectivity index (χ0n) is 22.3. The Kier molecular flexibility index (Phi) is 8.34. The van der Waals surface area contributed by atoms with Crippen LogP contribution in [0.15, 0.2) is 18.3 Å². The van der Waals surface area contributed by atoms with Gasteiger partial charge in [-0.1, -0.05) is 11.6 Å². The highest BCUT2D eigenvalue weighted by Gasteiger charge is 2.65. The molecule has 3 heterocycles. The van der Waals surface area contributed by atoms with Crippen LogP contribution in [0.5, 0.6) is 0 Å². The van der Waals surface area contributed by atoms with Crippen molar-refractivity contribution in [3.8, 4) is 0 Å². The summed E-state index contributed by atoms with van der Waals surface area (Å²) in [6.45, 7) is 8.59. The second-order valence-electron chi connectivity index (χ2n) is 10.8. The Morgan fingerprint density at radius 1 is 1.34 bits per heavy atom. The van der Waals surface area contributed by atoms with Gasteiger partial charge in [-0.05, 0) is 52.2 Å². The van der Waals surface area contributed by atoms with Gasteiger partial charge in [0.2, 0.25) is 5.72 Å². The minimum absolute atomic E-state index is 0.0609. The van der Waals surface area contributed by atoms with Crippen LogP contribution in [0.25, 0.3) is 10.9 Å². The molecule has 1 aromatic carbocycles. The van der Waals surface area contributed by atoms with Crippen molar-refractivity contribution in [2.24, 2.45) is 0 Å². The summed E-state index contributed by atoms with van der Waals surface area (Å²) < 4.78 is 32.1. The van der Waals surface area contributed by atoms with Crippen LogP contribution in [0.2, 0.25) is 5.02 Å². The fraction of sp³-hybridized carbons (Fsp3) is 0.593. The number of nitrogens with zero attached hydrogens (tertiary/aromatic N) is 3. The SMILES string of the molecule is CC(C)(C)OC=O.COC(=O)CCCn1ccc2c(Cl)c(F)c(CN(C(=O)C34CN3CCO4)C3CC3)cc21. The molecule has 1 saturated carbocycles. The number of fused-ring (bicyclic) bond motifs is 2. The van der Waals surface area contributed by atoms with Gasteiger partial charge in [0, 0.05) is 49.2 Å². The largest absolute Gasteiger partial charge is 0.469 e. The lowest BCUT2D eigenvalue weighted by molar-refractivity contribution is -0.147. The fourth-order valence-corrected chi connectivity index (χ4v) is 4.92. The molecule has 0 bridgehead atoms. The second-order valence-corrected chi connectivity index (χ2v) is 11.2. The molecule has 11 heteroatoms. The van der Waals surface area contributed by atoms with E-state index in [-0.39, 0.29) is 35.1 Å². The number of aryl methyl sites for hydroxylation is 1. The quantitative estimate of drug-likeness (QED) is 0.265. The molecule has 3 aliphatic rings. The number of carbonyl (C=O) groups excluding carboxylic acids is 3. The number of esters is 1. The van der Waals surface area contributed by atoms with Crippen LogP contribution in [-0.4, -0.2) is 76.9 Å². The number of methoxy groups -OCH3 is 1. The number of hydrogen-bond acceptors (Lipinski definition) is 7. The van der Waals surface area contributed by atoms with E-state index < -0.39 is 11.5 Å². The summed E-state index contributed by atoms with van der Waals surface area (Å²) in [5, 5.41) is 0.683. The Bertz CT molecular complexity index is 1210. The van der Waals surface area contributed by atoms with E-state index in [9.17, 15) is 14.4 Å². The Morgan fingerprint density at radius 2 is 2.08 bits per heavy atom. The third kappa shape index (κ3) is 6.13. The molecular formula is C27H35ClFN3O6. The van der Waals surface area contributed by atoms with Crippen LogP contribution in [-0.2, 0) is 41.7 Å². The van der Waals surface area contributed by atoms with Crippen molar-refractivity contribution in [2.45, 2.75) is 76.9 Å². The molecule has 3 fully saturated rings. The van der Waals surface area contributed by atoms with Crippen LogP contribution in [0.3, 0.4) is 0 Å². The maximum atomic E-state index is 15.2. The fourth-order valence-electron chi connectivity index (χ4n) is 4.64. The standard InChI is InChI=1S/C22H25ClFN3O4.C5H10O2/c1-30-18(28)3-2-7-25-8-6-16-17(25)11-14(20(24)19(16)23)12-27(15-4-5-15)21(29)22-13-26(22)9-10-31-22;1-5(2,3)7-4-6/h6,8,11,15H,2-5,7,9-10,12-13H2,1H3;4H,1-3H3. The van der Waals surface area contributed by atoms with Gasteiger partial charge in [-0.2, -0.15) is 0 Å². The van der Waals surface area contributed by atoms with Gasteiger partial charge in [-0.15, -0.1) is 0 Å². The van der Waals surface area contributed by atoms with Crippen LogP contribution in [0.1, 0.15) is 52.0 Å². The second kappa shape index (κ2) is 11.2. The predicted octanol–water partition coefficient (Wildman–Crippen LogP) is 3.88. The topological polar surface area (TPSA) is 90.1 Å². The minimum atomic E-state index is -0.832. The molecule has 0 N–H and O–H groups in total. The van der Waals surface area contributed by atoms with Crippen LogP contribution in [0.4, 0.5) is 4.39 Å². The summed E-state index contributed by atoms with van der Waals surface area (Å²) >= 11 is 6.37. The summed E-state index contributed by atoms with van der Waals surface area (Å²) in [6.07, 6.45) is 4.59. The number of amides is 1. The van der Waals surface area contributed by atoms with Crippen molar-refractivity contribution in [1.29, 1.82) is 0 Å². The van der Waals surface area contributed by atoms with E-state index in [1.165, 1.54) is 7.11 Å². The number of aromatic nitrogens is 1. The molecule has 1 amide bonds. The molecule has 0 radical (unpaired) electrons. The summed E-state index contributed by atoms with van der Waals surface area (Å²) in [5.41, 5.74) is 0.0353. The maximum absolute atomic E-state index is 15.2. The predicted molar refractivity (Wildman–Crippen MR) is 139 cm³/mol. The normalized spacial score (nSPS) is 21.8. The van der Waals surface area contributed by atoms with Crippen molar-refractivity contribution in [2.75, 3.05) is 26.8 Å². The number of benzene rings is 1. The van der Waals surface area contributed by atoms with Crippen molar-refractivity contribution in [3.05, 3.63) is 34.7 Å². The highest BCUT2D eigenvalue weighted by atomic mass is 35.5. The van der Waals surface area contributed by atoms with Crippen molar-refractivity contribution < 1.29 is 33.0 Å². The lowest BCUT2D eigenvalue weighted by atomic mass is 10.1. The number of carbonyl (C=O) groups is 3. The van der Waals surface area contributed by atoms with Gasteiger partial charge in [-0.25, -0.2) is 4.39 Å². The minimum Gasteiger partial charge on any atom is -0.469 e. The molecule has 2 aromatic rings. The van der Waals surface area contributed by atoms with Crippen LogP contribution >= 0.6 is 11.6 Å². The van der Waals surface area contributed by atoms with Gasteiger partial charge in [0.15, 0.2) is 0 Å². The first kappa shape index (κ1) is 28.3. The van der Waals surface area contributed by atoms with Crippen molar-refractivity contribution >= 4 is 40.9 Å². The molecule has 2 aliphatic heterocycles. The number of rotatable bonds is 9. The van der Waals surface area contributed by atoms with E-state index in [0.29, 0.717) is 50.0 Å². The van der Waals surface area contributed by atoms with Gasteiger partial charge < -0.3 is 23.7 Å². The highest BCUT2D eigenvalue weighted by molar-refractivity contribution is 6.35. The van der Waals surface area contributed by atoms with Crippen molar-refractivity contribution in [3.63, 3.8) is 0 Å². The zero-order chi connectivity index (χ0) is 27.7. The van der Waals surface area contributed by atoms with E-state index in [0.717, 1.165) is 24.9 Å². The highest BCUT2D eigenvalue weighted by Crippen LogP contribution is 2.43. The Hall–Kier alpha value is -2.69. The van der Waals surface area contributed by atoms with E-state index in [1.54, 1.807) is 17.0 Å². The van der Waals surface area contributed by atoms with Gasteiger partial charge in [0.05, 0.1) is 30.8 Å². The lowest BCUT2D eigenvalue weighted by Gasteiger charge is -2.26. The third-order valence-corrected chi connectivity index (χ3v) is 7.25. The molecule has 9 nitrogen and oxygen atoms in total. The molecule has 2 unspecified atom stereocenters. The Labute approximate surface area is 226 Å². The molecule has 208 valence electrons. The van der Waals surface area contributed by atoms with E-state index >= 15 is 4.39 Å². The van der Waals surface area contributed by atoms with Crippen LogP contribution < -0.4 is 0 Å². The average molecular weight is 552 g/mol. The van der Waals surface area contributed by atoms with E-state index in [4.69, 9.17) is 16.3 Å². The monoisotopic (exact) mass is 551 g/mol. The van der Waals surface area contributed by atoms with Crippen molar-refractivity contribution in [1.82, 2.24) is 14.4 Å². The molecule has 5 rings (SSSR count). The summed E-state index contributed by atoms with van der Waals surface area (Å²) in [4.78, 5) is 38.0. The number of ether oxygens (including phenoxy) is 3. The zero-order valence-corrected chi connectivity index (χ0v) is 23.1. The van der Waals surface area contributed by atoms with Gasteiger partial charge >= 0.3 is 5.97 Å². The summed E-state index contributed by atoms with van der Waals surface area (Å²) in [6, 6.07) is 3.67. The Morgan fingerprint density at radius 3 is 2.61 bits per heavy atom. The number of morpholine rings is 1. The number of hydrogen-bond donors (Lipinski definition) is 0. The molecule has 1 aliphatic carbocycles. The lowest BCUT2D eigenvalue weighted by Crippen LogP contribution is -2.44. The first-order chi connectivity index (χ1) is 18.0. The average Bonchev–Trinajstić information content (AvgIpc) is 3.76. The molecule has 0 spiro atoms. The molecule has 2 saturated heterocycles. The maximum Gasteiger partial charge on any atom is 0.305 e. The summed E-state index contributed by atoms with van der Waals surface area (Å²) in [7, 11) is 1.37. The van der Waals surface area contributed by atoms with Gasteiger partial charge in [0.25, 0.3) is 12.4 Å². The third-order valence-electron chi connectivity index (χ3n) is 6.88. The molecular weight excluding hydrogens is 517 g/mol. The molecule has 38 heavy (non-hydrogen) atoms. The number of halogens is 2. The van der Waals surface area contributed by atoms with Gasteiger partial charge in [-0.3, -0.25) is 19.3 Å². The first-order valence-corrected chi connectivity index (χ1v) is 13.2. The molecule has 2 atom stereocenters. The summed E-state index contributed by atoms with van der Waals surface area (Å²) in [5.74, 6) is -0.823. The first-order valence-electron chi connectivity index (χ1n) is 12.8. The Balaban J connectivity index is 0.000000426. The van der Waals surface area contributed by atoms with E-state index in [2.05, 4.69) is 9.47 Å². The van der Waals surface area contributed by atoms with E-state index in [1.807, 2.05) is 36.4 Å². The smallest absolute Gasteiger partial charge is 0.305 e. The van der Waals surface area contributed by atoms with Crippen LogP contribution in [0, 0.1) is 5.82 Å².